The highest BCUT2D eigenvalue weighted by atomic mass is 16.5. The lowest BCUT2D eigenvalue weighted by Crippen LogP contribution is -2.19. The van der Waals surface area contributed by atoms with Gasteiger partial charge >= 0.3 is 5.97 Å². The van der Waals surface area contributed by atoms with Crippen molar-refractivity contribution in [2.24, 2.45) is 5.92 Å². The van der Waals surface area contributed by atoms with Crippen molar-refractivity contribution in [1.82, 2.24) is 0 Å². The molecule has 0 aliphatic heterocycles. The molecule has 0 aromatic heterocycles. The number of rotatable bonds is 6. The van der Waals surface area contributed by atoms with E-state index < -0.39 is 0 Å². The van der Waals surface area contributed by atoms with Crippen molar-refractivity contribution in [2.75, 3.05) is 20.8 Å². The Morgan fingerprint density at radius 2 is 1.42 bits per heavy atom. The average Bonchev–Trinajstić information content (AvgIpc) is 3.39. The first-order chi connectivity index (χ1) is 11.7. The molecule has 1 aliphatic rings. The number of carbonyl (C=O) groups is 1. The van der Waals surface area contributed by atoms with Crippen molar-refractivity contribution in [1.29, 1.82) is 0 Å². The van der Waals surface area contributed by atoms with Crippen LogP contribution in [0.25, 0.3) is 0 Å². The molecule has 2 aromatic rings. The van der Waals surface area contributed by atoms with Gasteiger partial charge in [-0.15, -0.1) is 0 Å². The smallest absolute Gasteiger partial charge is 0.310 e. The van der Waals surface area contributed by atoms with Crippen LogP contribution in [0.5, 0.6) is 11.5 Å². The van der Waals surface area contributed by atoms with Crippen molar-refractivity contribution < 1.29 is 19.0 Å². The van der Waals surface area contributed by atoms with Gasteiger partial charge in [0.25, 0.3) is 0 Å². The van der Waals surface area contributed by atoms with E-state index in [9.17, 15) is 4.79 Å². The molecule has 2 aromatic carbocycles. The molecular formula is C20H22O4. The van der Waals surface area contributed by atoms with Gasteiger partial charge in [-0.1, -0.05) is 24.3 Å². The van der Waals surface area contributed by atoms with E-state index in [1.807, 2.05) is 55.5 Å². The van der Waals surface area contributed by atoms with Crippen LogP contribution >= 0.6 is 0 Å². The second-order valence-corrected chi connectivity index (χ2v) is 5.94. The molecule has 1 aliphatic carbocycles. The fourth-order valence-corrected chi connectivity index (χ4v) is 3.37. The summed E-state index contributed by atoms with van der Waals surface area (Å²) in [6.45, 7) is 2.24. The quantitative estimate of drug-likeness (QED) is 0.761. The van der Waals surface area contributed by atoms with Crippen LogP contribution in [0, 0.1) is 5.92 Å². The molecule has 3 rings (SSSR count). The number of esters is 1. The molecule has 4 nitrogen and oxygen atoms in total. The zero-order valence-corrected chi connectivity index (χ0v) is 14.2. The van der Waals surface area contributed by atoms with E-state index >= 15 is 0 Å². The predicted octanol–water partition coefficient (Wildman–Crippen LogP) is 3.57. The Balaban J connectivity index is 1.99. The van der Waals surface area contributed by atoms with Crippen LogP contribution in [0.2, 0.25) is 0 Å². The van der Waals surface area contributed by atoms with Crippen molar-refractivity contribution >= 4 is 5.97 Å². The number of benzene rings is 2. The first-order valence-electron chi connectivity index (χ1n) is 8.11. The monoisotopic (exact) mass is 326 g/mol. The first-order valence-corrected chi connectivity index (χ1v) is 8.11. The van der Waals surface area contributed by atoms with Gasteiger partial charge in [-0.3, -0.25) is 4.79 Å². The Morgan fingerprint density at radius 1 is 0.958 bits per heavy atom. The van der Waals surface area contributed by atoms with E-state index in [1.165, 1.54) is 0 Å². The number of hydrogen-bond donors (Lipinski definition) is 0. The highest BCUT2D eigenvalue weighted by Crippen LogP contribution is 2.59. The molecule has 0 N–H and O–H groups in total. The fraction of sp³-hybridized carbons (Fsp3) is 0.350. The third-order valence-corrected chi connectivity index (χ3v) is 4.74. The predicted molar refractivity (Wildman–Crippen MR) is 91.5 cm³/mol. The maximum atomic E-state index is 12.3. The van der Waals surface area contributed by atoms with Gasteiger partial charge in [0, 0.05) is 5.41 Å². The molecule has 0 heterocycles. The summed E-state index contributed by atoms with van der Waals surface area (Å²) in [6.07, 6.45) is 0.754. The van der Waals surface area contributed by atoms with Crippen LogP contribution in [0.15, 0.2) is 48.5 Å². The van der Waals surface area contributed by atoms with E-state index in [-0.39, 0.29) is 17.3 Å². The molecule has 0 saturated heterocycles. The van der Waals surface area contributed by atoms with Crippen molar-refractivity contribution in [2.45, 2.75) is 18.8 Å². The molecule has 0 bridgehead atoms. The Bertz CT molecular complexity index is 656. The third-order valence-electron chi connectivity index (χ3n) is 4.74. The number of hydrogen-bond acceptors (Lipinski definition) is 4. The van der Waals surface area contributed by atoms with E-state index in [0.717, 1.165) is 29.0 Å². The van der Waals surface area contributed by atoms with Crippen LogP contribution < -0.4 is 9.47 Å². The second kappa shape index (κ2) is 6.56. The van der Waals surface area contributed by atoms with Crippen molar-refractivity contribution in [3.05, 3.63) is 59.7 Å². The average molecular weight is 326 g/mol. The number of carbonyl (C=O) groups excluding carboxylic acids is 1. The van der Waals surface area contributed by atoms with E-state index in [4.69, 9.17) is 14.2 Å². The third kappa shape index (κ3) is 2.73. The standard InChI is InChI=1S/C20H22O4/c1-4-24-19(21)18-13-20(18,14-5-9-16(22-2)10-6-14)15-7-11-17(23-3)12-8-15/h5-12,18H,4,13H2,1-3H3/t18-/m1/s1. The summed E-state index contributed by atoms with van der Waals surface area (Å²) in [7, 11) is 3.29. The zero-order chi connectivity index (χ0) is 17.2. The van der Waals surface area contributed by atoms with E-state index in [1.54, 1.807) is 14.2 Å². The molecule has 0 unspecified atom stereocenters. The molecule has 126 valence electrons. The van der Waals surface area contributed by atoms with Gasteiger partial charge in [-0.2, -0.15) is 0 Å². The van der Waals surface area contributed by atoms with Gasteiger partial charge in [0.05, 0.1) is 26.7 Å². The van der Waals surface area contributed by atoms with Crippen LogP contribution in [-0.4, -0.2) is 26.8 Å². The highest BCUT2D eigenvalue weighted by Gasteiger charge is 2.61. The molecular weight excluding hydrogens is 304 g/mol. The molecule has 0 amide bonds. The van der Waals surface area contributed by atoms with Crippen LogP contribution in [0.4, 0.5) is 0 Å². The Hall–Kier alpha value is -2.49. The Morgan fingerprint density at radius 3 is 1.79 bits per heavy atom. The SMILES string of the molecule is CCOC(=O)[C@H]1CC1(c1ccc(OC)cc1)c1ccc(OC)cc1. The van der Waals surface area contributed by atoms with Gasteiger partial charge in [0.1, 0.15) is 11.5 Å². The summed E-state index contributed by atoms with van der Waals surface area (Å²) < 4.78 is 15.8. The van der Waals surface area contributed by atoms with Crippen molar-refractivity contribution in [3.63, 3.8) is 0 Å². The topological polar surface area (TPSA) is 44.8 Å². The van der Waals surface area contributed by atoms with Gasteiger partial charge < -0.3 is 14.2 Å². The first kappa shape index (κ1) is 16.4. The fourth-order valence-electron chi connectivity index (χ4n) is 3.37. The minimum atomic E-state index is -0.329. The summed E-state index contributed by atoms with van der Waals surface area (Å²) in [6, 6.07) is 15.8. The summed E-state index contributed by atoms with van der Waals surface area (Å²) in [5, 5.41) is 0. The lowest BCUT2D eigenvalue weighted by atomic mass is 9.85. The largest absolute Gasteiger partial charge is 0.497 e. The highest BCUT2D eigenvalue weighted by molar-refractivity contribution is 5.81. The molecule has 4 heteroatoms. The van der Waals surface area contributed by atoms with Crippen molar-refractivity contribution in [3.8, 4) is 11.5 Å². The summed E-state index contributed by atoms with van der Waals surface area (Å²) in [5.41, 5.74) is 1.88. The van der Waals surface area contributed by atoms with Gasteiger partial charge in [0.15, 0.2) is 0 Å². The summed E-state index contributed by atoms with van der Waals surface area (Å²) in [5.74, 6) is 1.32. The number of ether oxygens (including phenoxy) is 3. The van der Waals surface area contributed by atoms with E-state index in [0.29, 0.717) is 6.61 Å². The molecule has 0 spiro atoms. The Labute approximate surface area is 142 Å². The molecule has 1 fully saturated rings. The zero-order valence-electron chi connectivity index (χ0n) is 14.2. The minimum Gasteiger partial charge on any atom is -0.497 e. The maximum absolute atomic E-state index is 12.3. The molecule has 24 heavy (non-hydrogen) atoms. The van der Waals surface area contributed by atoms with Gasteiger partial charge in [0.2, 0.25) is 0 Å². The van der Waals surface area contributed by atoms with Crippen LogP contribution in [0.3, 0.4) is 0 Å². The number of methoxy groups -OCH3 is 2. The van der Waals surface area contributed by atoms with Crippen LogP contribution in [0.1, 0.15) is 24.5 Å². The lowest BCUT2D eigenvalue weighted by Gasteiger charge is -2.19. The Kier molecular flexibility index (Phi) is 4.47. The normalized spacial score (nSPS) is 17.9. The van der Waals surface area contributed by atoms with Gasteiger partial charge in [-0.25, -0.2) is 0 Å². The maximum Gasteiger partial charge on any atom is 0.310 e. The van der Waals surface area contributed by atoms with Gasteiger partial charge in [-0.05, 0) is 48.7 Å². The molecule has 1 saturated carbocycles. The van der Waals surface area contributed by atoms with Crippen LogP contribution in [-0.2, 0) is 14.9 Å². The summed E-state index contributed by atoms with van der Waals surface area (Å²) >= 11 is 0. The molecule has 0 radical (unpaired) electrons. The second-order valence-electron chi connectivity index (χ2n) is 5.94. The molecule has 1 atom stereocenters. The lowest BCUT2D eigenvalue weighted by molar-refractivity contribution is -0.145. The van der Waals surface area contributed by atoms with E-state index in [2.05, 4.69) is 0 Å². The minimum absolute atomic E-state index is 0.135. The summed E-state index contributed by atoms with van der Waals surface area (Å²) in [4.78, 5) is 12.3.